The molecule has 8 heteroatoms. The Balaban J connectivity index is 1.85. The first kappa shape index (κ1) is 18.0. The lowest BCUT2D eigenvalue weighted by atomic mass is 10.2. The van der Waals surface area contributed by atoms with Gasteiger partial charge in [0.1, 0.15) is 18.0 Å². The predicted octanol–water partition coefficient (Wildman–Crippen LogP) is 5.47. The molecule has 3 aromatic rings. The molecule has 0 fully saturated rings. The molecule has 0 aliphatic heterocycles. The number of halogens is 4. The summed E-state index contributed by atoms with van der Waals surface area (Å²) in [6.45, 7) is 0.145. The summed E-state index contributed by atoms with van der Waals surface area (Å²) in [5, 5.41) is 3.11. The number of aromatic nitrogens is 2. The van der Waals surface area contributed by atoms with Gasteiger partial charge in [-0.3, -0.25) is 0 Å². The molecule has 2 aromatic carbocycles. The first-order valence-electron chi connectivity index (χ1n) is 7.55. The van der Waals surface area contributed by atoms with Crippen LogP contribution in [0.15, 0.2) is 60.8 Å². The van der Waals surface area contributed by atoms with Crippen LogP contribution in [-0.4, -0.2) is 9.97 Å². The van der Waals surface area contributed by atoms with Crippen LogP contribution in [0.3, 0.4) is 0 Å². The molecule has 1 heterocycles. The van der Waals surface area contributed by atoms with Crippen molar-refractivity contribution in [3.63, 3.8) is 0 Å². The van der Waals surface area contributed by atoms with Crippen molar-refractivity contribution < 1.29 is 17.9 Å². The highest BCUT2D eigenvalue weighted by molar-refractivity contribution is 6.30. The molecule has 0 unspecified atom stereocenters. The van der Waals surface area contributed by atoms with Crippen molar-refractivity contribution in [3.05, 3.63) is 76.9 Å². The molecule has 0 atom stereocenters. The van der Waals surface area contributed by atoms with Gasteiger partial charge in [-0.1, -0.05) is 41.9 Å². The lowest BCUT2D eigenvalue weighted by Gasteiger charge is -2.14. The van der Waals surface area contributed by atoms with Gasteiger partial charge < -0.3 is 10.1 Å². The zero-order valence-electron chi connectivity index (χ0n) is 13.3. The molecule has 4 nitrogen and oxygen atoms in total. The van der Waals surface area contributed by atoms with Gasteiger partial charge in [0, 0.05) is 16.9 Å². The number of nitrogens with one attached hydrogen (secondary N) is 1. The van der Waals surface area contributed by atoms with Crippen molar-refractivity contribution in [2.45, 2.75) is 12.8 Å². The van der Waals surface area contributed by atoms with E-state index in [4.69, 9.17) is 16.3 Å². The highest BCUT2D eigenvalue weighted by atomic mass is 35.5. The number of benzene rings is 2. The van der Waals surface area contributed by atoms with Gasteiger partial charge in [-0.15, -0.1) is 0 Å². The van der Waals surface area contributed by atoms with E-state index in [0.717, 1.165) is 5.56 Å². The summed E-state index contributed by atoms with van der Waals surface area (Å²) >= 11 is 5.79. The number of alkyl halides is 3. The Bertz CT molecular complexity index is 871. The molecule has 3 rings (SSSR count). The van der Waals surface area contributed by atoms with Crippen LogP contribution < -0.4 is 10.1 Å². The molecule has 0 saturated heterocycles. The summed E-state index contributed by atoms with van der Waals surface area (Å²) in [5.74, 6) is -0.391. The smallest absolute Gasteiger partial charge is 0.421 e. The van der Waals surface area contributed by atoms with Gasteiger partial charge in [0.05, 0.1) is 0 Å². The molecule has 0 aliphatic rings. The second-order valence-corrected chi connectivity index (χ2v) is 5.76. The standard InChI is InChI=1S/C18H13ClF3N3O/c19-13-6-8-14(9-7-13)24-16-15(18(20,21)22)10-23-17(25-16)26-11-12-4-2-1-3-5-12/h1-10H,11H2,(H,23,24,25). The topological polar surface area (TPSA) is 47.0 Å². The second kappa shape index (κ2) is 7.61. The van der Waals surface area contributed by atoms with E-state index in [1.54, 1.807) is 24.3 Å². The van der Waals surface area contributed by atoms with E-state index in [2.05, 4.69) is 15.3 Å². The molecule has 1 aromatic heterocycles. The molecule has 0 aliphatic carbocycles. The van der Waals surface area contributed by atoms with Gasteiger partial charge in [0.25, 0.3) is 0 Å². The van der Waals surface area contributed by atoms with Crippen LogP contribution in [0.2, 0.25) is 5.02 Å². The first-order chi connectivity index (χ1) is 12.4. The average Bonchev–Trinajstić information content (AvgIpc) is 2.62. The quantitative estimate of drug-likeness (QED) is 0.638. The number of hydrogen-bond donors (Lipinski definition) is 1. The van der Waals surface area contributed by atoms with Gasteiger partial charge in [-0.2, -0.15) is 18.2 Å². The normalized spacial score (nSPS) is 11.2. The van der Waals surface area contributed by atoms with E-state index in [1.807, 2.05) is 30.3 Å². The monoisotopic (exact) mass is 379 g/mol. The van der Waals surface area contributed by atoms with Gasteiger partial charge >= 0.3 is 12.2 Å². The largest absolute Gasteiger partial charge is 0.459 e. The Morgan fingerprint density at radius 3 is 2.35 bits per heavy atom. The Labute approximate surface area is 152 Å². The minimum atomic E-state index is -4.60. The molecule has 0 radical (unpaired) electrons. The van der Waals surface area contributed by atoms with Gasteiger partial charge in [0.15, 0.2) is 0 Å². The Kier molecular flexibility index (Phi) is 5.27. The minimum absolute atomic E-state index is 0.145. The molecule has 26 heavy (non-hydrogen) atoms. The van der Waals surface area contributed by atoms with E-state index >= 15 is 0 Å². The number of hydrogen-bond acceptors (Lipinski definition) is 4. The lowest BCUT2D eigenvalue weighted by molar-refractivity contribution is -0.137. The van der Waals surface area contributed by atoms with Crippen molar-refractivity contribution in [2.75, 3.05) is 5.32 Å². The molecule has 134 valence electrons. The fraction of sp³-hybridized carbons (Fsp3) is 0.111. The van der Waals surface area contributed by atoms with Gasteiger partial charge in [-0.05, 0) is 29.8 Å². The third-order valence-electron chi connectivity index (χ3n) is 3.39. The Morgan fingerprint density at radius 1 is 1.00 bits per heavy atom. The zero-order chi connectivity index (χ0) is 18.6. The summed E-state index contributed by atoms with van der Waals surface area (Å²) in [6.07, 6.45) is -3.90. The van der Waals surface area contributed by atoms with E-state index in [9.17, 15) is 13.2 Å². The van der Waals surface area contributed by atoms with E-state index in [-0.39, 0.29) is 12.6 Å². The second-order valence-electron chi connectivity index (χ2n) is 5.32. The van der Waals surface area contributed by atoms with Crippen LogP contribution in [0, 0.1) is 0 Å². The third kappa shape index (κ3) is 4.64. The van der Waals surface area contributed by atoms with Crippen LogP contribution in [-0.2, 0) is 12.8 Å². The first-order valence-corrected chi connectivity index (χ1v) is 7.93. The molecule has 0 saturated carbocycles. The fourth-order valence-corrected chi connectivity index (χ4v) is 2.26. The van der Waals surface area contributed by atoms with Crippen molar-refractivity contribution >= 4 is 23.1 Å². The van der Waals surface area contributed by atoms with Crippen molar-refractivity contribution in [1.82, 2.24) is 9.97 Å². The van der Waals surface area contributed by atoms with Crippen molar-refractivity contribution in [3.8, 4) is 6.01 Å². The molecular weight excluding hydrogens is 367 g/mol. The van der Waals surface area contributed by atoms with Crippen LogP contribution in [0.1, 0.15) is 11.1 Å². The predicted molar refractivity (Wildman–Crippen MR) is 92.5 cm³/mol. The maximum absolute atomic E-state index is 13.2. The van der Waals surface area contributed by atoms with E-state index in [0.29, 0.717) is 16.9 Å². The average molecular weight is 380 g/mol. The summed E-state index contributed by atoms with van der Waals surface area (Å²) in [6, 6.07) is 15.2. The van der Waals surface area contributed by atoms with E-state index < -0.39 is 17.6 Å². The van der Waals surface area contributed by atoms with E-state index in [1.165, 1.54) is 0 Å². The fourth-order valence-electron chi connectivity index (χ4n) is 2.13. The summed E-state index contributed by atoms with van der Waals surface area (Å²) < 4.78 is 45.1. The molecule has 1 N–H and O–H groups in total. The molecule has 0 spiro atoms. The summed E-state index contributed by atoms with van der Waals surface area (Å²) in [5.41, 5.74) is 0.273. The minimum Gasteiger partial charge on any atom is -0.459 e. The highest BCUT2D eigenvalue weighted by Crippen LogP contribution is 2.35. The lowest BCUT2D eigenvalue weighted by Crippen LogP contribution is -2.12. The summed E-state index contributed by atoms with van der Waals surface area (Å²) in [4.78, 5) is 7.54. The van der Waals surface area contributed by atoms with Crippen LogP contribution in [0.25, 0.3) is 0 Å². The maximum atomic E-state index is 13.2. The summed E-state index contributed by atoms with van der Waals surface area (Å²) in [7, 11) is 0. The number of rotatable bonds is 5. The van der Waals surface area contributed by atoms with Crippen LogP contribution in [0.4, 0.5) is 24.7 Å². The van der Waals surface area contributed by atoms with Crippen molar-refractivity contribution in [2.24, 2.45) is 0 Å². The number of anilines is 2. The van der Waals surface area contributed by atoms with Gasteiger partial charge in [-0.25, -0.2) is 4.98 Å². The molecule has 0 bridgehead atoms. The Morgan fingerprint density at radius 2 is 1.69 bits per heavy atom. The third-order valence-corrected chi connectivity index (χ3v) is 3.64. The number of nitrogens with zero attached hydrogens (tertiary/aromatic N) is 2. The zero-order valence-corrected chi connectivity index (χ0v) is 14.1. The SMILES string of the molecule is FC(F)(F)c1cnc(OCc2ccccc2)nc1Nc1ccc(Cl)cc1. The molecular formula is C18H13ClF3N3O. The van der Waals surface area contributed by atoms with Crippen LogP contribution in [0.5, 0.6) is 6.01 Å². The molecule has 0 amide bonds. The Hall–Kier alpha value is -2.80. The van der Waals surface area contributed by atoms with Crippen LogP contribution >= 0.6 is 11.6 Å². The maximum Gasteiger partial charge on any atom is 0.421 e. The van der Waals surface area contributed by atoms with Gasteiger partial charge in [0.2, 0.25) is 0 Å². The van der Waals surface area contributed by atoms with Crippen molar-refractivity contribution in [1.29, 1.82) is 0 Å². The number of ether oxygens (including phenoxy) is 1. The highest BCUT2D eigenvalue weighted by Gasteiger charge is 2.35.